The van der Waals surface area contributed by atoms with Crippen LogP contribution in [-0.2, 0) is 4.79 Å². The largest absolute Gasteiger partial charge is 0.480 e. The number of benzene rings is 1. The van der Waals surface area contributed by atoms with Gasteiger partial charge in [0, 0.05) is 12.2 Å². The lowest BCUT2D eigenvalue weighted by Crippen LogP contribution is -2.43. The van der Waals surface area contributed by atoms with Crippen molar-refractivity contribution in [1.29, 1.82) is 0 Å². The molecule has 0 saturated carbocycles. The van der Waals surface area contributed by atoms with E-state index in [4.69, 9.17) is 5.11 Å². The molecule has 0 atom stereocenters. The Morgan fingerprint density at radius 1 is 1.24 bits per heavy atom. The van der Waals surface area contributed by atoms with E-state index in [1.807, 2.05) is 6.07 Å². The number of carbonyl (C=O) groups excluding carboxylic acids is 1. The molecular weight excluding hydrogens is 268 g/mol. The van der Waals surface area contributed by atoms with Crippen molar-refractivity contribution in [2.45, 2.75) is 25.7 Å². The second-order valence-corrected chi connectivity index (χ2v) is 5.05. The van der Waals surface area contributed by atoms with Crippen molar-refractivity contribution in [3.8, 4) is 0 Å². The van der Waals surface area contributed by atoms with Crippen LogP contribution >= 0.6 is 0 Å². The molecular formula is C16H20N2O3. The predicted octanol–water partition coefficient (Wildman–Crippen LogP) is 2.79. The van der Waals surface area contributed by atoms with Crippen molar-refractivity contribution in [1.82, 2.24) is 5.32 Å². The minimum atomic E-state index is -1.03. The Kier molecular flexibility index (Phi) is 5.37. The number of urea groups is 1. The van der Waals surface area contributed by atoms with Crippen molar-refractivity contribution in [2.75, 3.05) is 18.0 Å². The Balaban J connectivity index is 1.92. The van der Waals surface area contributed by atoms with E-state index in [1.54, 1.807) is 24.3 Å². The summed E-state index contributed by atoms with van der Waals surface area (Å²) in [7, 11) is 0. The van der Waals surface area contributed by atoms with Gasteiger partial charge in [-0.2, -0.15) is 0 Å². The zero-order chi connectivity index (χ0) is 15.1. The lowest BCUT2D eigenvalue weighted by Gasteiger charge is -2.21. The number of rotatable bonds is 6. The summed E-state index contributed by atoms with van der Waals surface area (Å²) < 4.78 is 0. The minimum absolute atomic E-state index is 0.349. The third kappa shape index (κ3) is 4.63. The number of aliphatic carboxylic acids is 1. The molecule has 0 radical (unpaired) electrons. The monoisotopic (exact) mass is 288 g/mol. The van der Waals surface area contributed by atoms with Gasteiger partial charge in [0.25, 0.3) is 0 Å². The first-order valence-electron chi connectivity index (χ1n) is 7.17. The molecule has 2 N–H and O–H groups in total. The van der Waals surface area contributed by atoms with Crippen LogP contribution in [0.25, 0.3) is 0 Å². The normalized spacial score (nSPS) is 13.6. The SMILES string of the molecule is O=C(O)CN(C(=O)NCCC1=CCCC1)c1ccccc1. The highest BCUT2D eigenvalue weighted by atomic mass is 16.4. The van der Waals surface area contributed by atoms with E-state index in [1.165, 1.54) is 16.9 Å². The molecule has 0 saturated heterocycles. The number of hydrogen-bond acceptors (Lipinski definition) is 2. The molecule has 0 heterocycles. The molecule has 5 nitrogen and oxygen atoms in total. The highest BCUT2D eigenvalue weighted by Gasteiger charge is 2.18. The maximum atomic E-state index is 12.2. The number of anilines is 1. The Morgan fingerprint density at radius 2 is 2.00 bits per heavy atom. The topological polar surface area (TPSA) is 69.6 Å². The third-order valence-corrected chi connectivity index (χ3v) is 3.46. The fraction of sp³-hybridized carbons (Fsp3) is 0.375. The lowest BCUT2D eigenvalue weighted by atomic mass is 10.2. The summed E-state index contributed by atoms with van der Waals surface area (Å²) in [5, 5.41) is 11.8. The van der Waals surface area contributed by atoms with Gasteiger partial charge in [0.2, 0.25) is 0 Å². The summed E-state index contributed by atoms with van der Waals surface area (Å²) in [6, 6.07) is 8.46. The zero-order valence-electron chi connectivity index (χ0n) is 11.9. The highest BCUT2D eigenvalue weighted by Crippen LogP contribution is 2.20. The van der Waals surface area contributed by atoms with Gasteiger partial charge in [-0.05, 0) is 37.8 Å². The molecule has 1 aromatic carbocycles. The van der Waals surface area contributed by atoms with E-state index >= 15 is 0 Å². The zero-order valence-corrected chi connectivity index (χ0v) is 11.9. The summed E-state index contributed by atoms with van der Waals surface area (Å²) in [4.78, 5) is 24.4. The number of amides is 2. The first-order valence-corrected chi connectivity index (χ1v) is 7.17. The average molecular weight is 288 g/mol. The van der Waals surface area contributed by atoms with Gasteiger partial charge in [-0.25, -0.2) is 4.79 Å². The number of carboxylic acids is 1. The van der Waals surface area contributed by atoms with Crippen molar-refractivity contribution in [3.05, 3.63) is 42.0 Å². The summed E-state index contributed by atoms with van der Waals surface area (Å²) in [5.74, 6) is -1.03. The molecule has 1 aliphatic carbocycles. The molecule has 1 aliphatic rings. The summed E-state index contributed by atoms with van der Waals surface area (Å²) in [6.07, 6.45) is 6.48. The van der Waals surface area contributed by atoms with E-state index < -0.39 is 5.97 Å². The van der Waals surface area contributed by atoms with Gasteiger partial charge in [-0.1, -0.05) is 29.8 Å². The molecule has 1 aromatic rings. The molecule has 0 spiro atoms. The standard InChI is InChI=1S/C16H20N2O3/c19-15(20)12-18(14-8-2-1-3-9-14)16(21)17-11-10-13-6-4-5-7-13/h1-3,6,8-9H,4-5,7,10-12H2,(H,17,21)(H,19,20). The van der Waals surface area contributed by atoms with Gasteiger partial charge in [-0.15, -0.1) is 0 Å². The quantitative estimate of drug-likeness (QED) is 0.791. The number of nitrogens with one attached hydrogen (secondary N) is 1. The molecule has 21 heavy (non-hydrogen) atoms. The predicted molar refractivity (Wildman–Crippen MR) is 81.4 cm³/mol. The summed E-state index contributed by atoms with van der Waals surface area (Å²) in [5.41, 5.74) is 1.96. The molecule has 5 heteroatoms. The fourth-order valence-electron chi connectivity index (χ4n) is 2.41. The van der Waals surface area contributed by atoms with Crippen molar-refractivity contribution < 1.29 is 14.7 Å². The van der Waals surface area contributed by atoms with E-state index in [0.29, 0.717) is 12.2 Å². The maximum Gasteiger partial charge on any atom is 0.323 e. The molecule has 0 unspecified atom stereocenters. The van der Waals surface area contributed by atoms with E-state index in [0.717, 1.165) is 19.3 Å². The van der Waals surface area contributed by atoms with Gasteiger partial charge in [0.15, 0.2) is 0 Å². The van der Waals surface area contributed by atoms with Crippen LogP contribution in [0, 0.1) is 0 Å². The Morgan fingerprint density at radius 3 is 2.62 bits per heavy atom. The molecule has 2 rings (SSSR count). The van der Waals surface area contributed by atoms with Crippen molar-refractivity contribution in [3.63, 3.8) is 0 Å². The lowest BCUT2D eigenvalue weighted by molar-refractivity contribution is -0.135. The van der Waals surface area contributed by atoms with Crippen LogP contribution in [0.15, 0.2) is 42.0 Å². The molecule has 0 aromatic heterocycles. The number of nitrogens with zero attached hydrogens (tertiary/aromatic N) is 1. The van der Waals surface area contributed by atoms with Crippen LogP contribution in [0.3, 0.4) is 0 Å². The van der Waals surface area contributed by atoms with Gasteiger partial charge < -0.3 is 10.4 Å². The Hall–Kier alpha value is -2.30. The van der Waals surface area contributed by atoms with Crippen molar-refractivity contribution in [2.24, 2.45) is 0 Å². The Bertz CT molecular complexity index is 526. The first kappa shape index (κ1) is 15.1. The second kappa shape index (κ2) is 7.47. The van der Waals surface area contributed by atoms with Crippen LogP contribution in [0.2, 0.25) is 0 Å². The van der Waals surface area contributed by atoms with Gasteiger partial charge in [-0.3, -0.25) is 9.69 Å². The number of hydrogen-bond donors (Lipinski definition) is 2. The Labute approximate surface area is 124 Å². The number of allylic oxidation sites excluding steroid dienone is 1. The van der Waals surface area contributed by atoms with Crippen LogP contribution in [0.1, 0.15) is 25.7 Å². The van der Waals surface area contributed by atoms with Gasteiger partial charge >= 0.3 is 12.0 Å². The average Bonchev–Trinajstić information content (AvgIpc) is 2.98. The molecule has 0 bridgehead atoms. The second-order valence-electron chi connectivity index (χ2n) is 5.05. The number of para-hydroxylation sites is 1. The molecule has 0 aliphatic heterocycles. The molecule has 112 valence electrons. The van der Waals surface area contributed by atoms with E-state index in [-0.39, 0.29) is 12.6 Å². The highest BCUT2D eigenvalue weighted by molar-refractivity contribution is 5.96. The van der Waals surface area contributed by atoms with E-state index in [9.17, 15) is 9.59 Å². The summed E-state index contributed by atoms with van der Waals surface area (Å²) in [6.45, 7) is 0.187. The minimum Gasteiger partial charge on any atom is -0.480 e. The third-order valence-electron chi connectivity index (χ3n) is 3.46. The fourth-order valence-corrected chi connectivity index (χ4v) is 2.41. The number of carbonyl (C=O) groups is 2. The van der Waals surface area contributed by atoms with Crippen LogP contribution in [0.4, 0.5) is 10.5 Å². The van der Waals surface area contributed by atoms with Gasteiger partial charge in [0.05, 0.1) is 0 Å². The van der Waals surface area contributed by atoms with Crippen LogP contribution in [-0.4, -0.2) is 30.2 Å². The summed E-state index contributed by atoms with van der Waals surface area (Å²) >= 11 is 0. The number of carboxylic acid groups (broad SMARTS) is 1. The molecule has 2 amide bonds. The smallest absolute Gasteiger partial charge is 0.323 e. The van der Waals surface area contributed by atoms with Crippen LogP contribution in [0.5, 0.6) is 0 Å². The maximum absolute atomic E-state index is 12.2. The first-order chi connectivity index (χ1) is 10.2. The van der Waals surface area contributed by atoms with E-state index in [2.05, 4.69) is 11.4 Å². The van der Waals surface area contributed by atoms with Crippen molar-refractivity contribution >= 4 is 17.7 Å². The van der Waals surface area contributed by atoms with Crippen LogP contribution < -0.4 is 10.2 Å². The molecule has 0 fully saturated rings. The van der Waals surface area contributed by atoms with Gasteiger partial charge in [0.1, 0.15) is 6.54 Å².